The van der Waals surface area contributed by atoms with Crippen molar-refractivity contribution in [3.05, 3.63) is 0 Å². The molecule has 2 aliphatic rings. The summed E-state index contributed by atoms with van der Waals surface area (Å²) in [5, 5.41) is 13.4. The Morgan fingerprint density at radius 2 is 1.84 bits per heavy atom. The maximum absolute atomic E-state index is 12.1. The van der Waals surface area contributed by atoms with Gasteiger partial charge >= 0.3 is 6.09 Å². The topological polar surface area (TPSA) is 58.6 Å². The highest BCUT2D eigenvalue weighted by Gasteiger charge is 2.70. The van der Waals surface area contributed by atoms with E-state index in [-0.39, 0.29) is 28.6 Å². The van der Waals surface area contributed by atoms with Crippen LogP contribution in [0.2, 0.25) is 0 Å². The quantitative estimate of drug-likeness (QED) is 0.769. The van der Waals surface area contributed by atoms with Crippen LogP contribution in [-0.4, -0.2) is 28.4 Å². The summed E-state index contributed by atoms with van der Waals surface area (Å²) in [7, 11) is 0. The van der Waals surface area contributed by atoms with Crippen molar-refractivity contribution in [1.29, 1.82) is 0 Å². The molecule has 2 rings (SSSR count). The highest BCUT2D eigenvalue weighted by atomic mass is 16.6. The summed E-state index contributed by atoms with van der Waals surface area (Å²) in [5.74, 6) is 0. The normalized spacial score (nSPS) is 40.3. The summed E-state index contributed by atoms with van der Waals surface area (Å²) >= 11 is 0. The molecule has 0 spiro atoms. The Morgan fingerprint density at radius 1 is 1.26 bits per heavy atom. The van der Waals surface area contributed by atoms with Gasteiger partial charge in [-0.2, -0.15) is 0 Å². The first-order chi connectivity index (χ1) is 8.44. The van der Waals surface area contributed by atoms with Crippen LogP contribution in [-0.2, 0) is 4.74 Å². The minimum absolute atomic E-state index is 0.123. The second-order valence-electron chi connectivity index (χ2n) is 7.97. The van der Waals surface area contributed by atoms with Gasteiger partial charge in [0.2, 0.25) is 0 Å². The van der Waals surface area contributed by atoms with Gasteiger partial charge in [0.1, 0.15) is 5.60 Å². The average Bonchev–Trinajstić information content (AvgIpc) is 2.44. The van der Waals surface area contributed by atoms with Crippen molar-refractivity contribution in [3.8, 4) is 0 Å². The molecule has 0 aliphatic heterocycles. The molecule has 0 saturated heterocycles. The van der Waals surface area contributed by atoms with Crippen LogP contribution in [0.3, 0.4) is 0 Å². The van der Waals surface area contributed by atoms with Crippen molar-refractivity contribution < 1.29 is 14.6 Å². The van der Waals surface area contributed by atoms with Gasteiger partial charge in [-0.05, 0) is 45.4 Å². The van der Waals surface area contributed by atoms with Gasteiger partial charge in [0.15, 0.2) is 0 Å². The van der Waals surface area contributed by atoms with E-state index < -0.39 is 5.60 Å². The molecule has 0 radical (unpaired) electrons. The molecular formula is C15H27NO3. The van der Waals surface area contributed by atoms with E-state index >= 15 is 0 Å². The zero-order chi connectivity index (χ0) is 14.7. The monoisotopic (exact) mass is 269 g/mol. The van der Waals surface area contributed by atoms with Gasteiger partial charge in [-0.15, -0.1) is 0 Å². The summed E-state index contributed by atoms with van der Waals surface area (Å²) in [6.45, 7) is 12.0. The summed E-state index contributed by atoms with van der Waals surface area (Å²) in [6.07, 6.45) is 1.74. The zero-order valence-corrected chi connectivity index (χ0v) is 13.0. The number of fused-ring (bicyclic) bond motifs is 2. The standard InChI is InChI=1S/C15H27NO3/c1-12(2,3)19-11(18)16-15-8-7-14(6,10(17)9-15)13(15,4)5/h10,17H,7-9H2,1-6H3,(H,16,18)/t10-,14+,15+/m0/s1. The van der Waals surface area contributed by atoms with Gasteiger partial charge in [-0.3, -0.25) is 0 Å². The van der Waals surface area contributed by atoms with Crippen LogP contribution in [0, 0.1) is 10.8 Å². The molecule has 2 bridgehead atoms. The Labute approximate surface area is 115 Å². The van der Waals surface area contributed by atoms with E-state index in [1.165, 1.54) is 0 Å². The third-order valence-electron chi connectivity index (χ3n) is 5.71. The van der Waals surface area contributed by atoms with Gasteiger partial charge in [-0.1, -0.05) is 20.8 Å². The Hall–Kier alpha value is -0.770. The highest BCUT2D eigenvalue weighted by Crippen LogP contribution is 2.67. The van der Waals surface area contributed by atoms with Crippen molar-refractivity contribution in [2.75, 3.05) is 0 Å². The molecule has 0 aromatic rings. The summed E-state index contributed by atoms with van der Waals surface area (Å²) in [6, 6.07) is 0. The van der Waals surface area contributed by atoms with Crippen LogP contribution in [0.1, 0.15) is 60.8 Å². The molecule has 2 N–H and O–H groups in total. The summed E-state index contributed by atoms with van der Waals surface area (Å²) in [5.41, 5.74) is -1.09. The Balaban J connectivity index is 2.19. The lowest BCUT2D eigenvalue weighted by atomic mass is 9.68. The number of amides is 1. The fourth-order valence-corrected chi connectivity index (χ4v) is 3.91. The van der Waals surface area contributed by atoms with Gasteiger partial charge < -0.3 is 15.2 Å². The predicted molar refractivity (Wildman–Crippen MR) is 73.8 cm³/mol. The molecule has 3 atom stereocenters. The van der Waals surface area contributed by atoms with Gasteiger partial charge in [0.05, 0.1) is 11.6 Å². The number of aliphatic hydroxyl groups is 1. The lowest BCUT2D eigenvalue weighted by Gasteiger charge is -2.41. The van der Waals surface area contributed by atoms with Crippen LogP contribution in [0.25, 0.3) is 0 Å². The molecule has 2 aliphatic carbocycles. The molecule has 4 nitrogen and oxygen atoms in total. The molecule has 1 amide bonds. The van der Waals surface area contributed by atoms with Crippen molar-refractivity contribution in [2.24, 2.45) is 10.8 Å². The van der Waals surface area contributed by atoms with Crippen molar-refractivity contribution in [3.63, 3.8) is 0 Å². The average molecular weight is 269 g/mol. The van der Waals surface area contributed by atoms with Gasteiger partial charge in [0, 0.05) is 5.41 Å². The second-order valence-corrected chi connectivity index (χ2v) is 7.97. The van der Waals surface area contributed by atoms with Crippen LogP contribution < -0.4 is 5.32 Å². The minimum Gasteiger partial charge on any atom is -0.444 e. The number of carbonyl (C=O) groups is 1. The van der Waals surface area contributed by atoms with E-state index in [9.17, 15) is 9.90 Å². The van der Waals surface area contributed by atoms with Crippen LogP contribution in [0.4, 0.5) is 4.79 Å². The molecule has 2 saturated carbocycles. The summed E-state index contributed by atoms with van der Waals surface area (Å²) in [4.78, 5) is 12.1. The number of carbonyl (C=O) groups excluding carboxylic acids is 1. The first-order valence-electron chi connectivity index (χ1n) is 7.13. The van der Waals surface area contributed by atoms with Crippen LogP contribution in [0.5, 0.6) is 0 Å². The number of hydrogen-bond acceptors (Lipinski definition) is 3. The number of alkyl carbamates (subject to hydrolysis) is 1. The number of ether oxygens (including phenoxy) is 1. The van der Waals surface area contributed by atoms with Crippen molar-refractivity contribution >= 4 is 6.09 Å². The van der Waals surface area contributed by atoms with Gasteiger partial charge in [-0.25, -0.2) is 4.79 Å². The number of hydrogen-bond donors (Lipinski definition) is 2. The third kappa shape index (κ3) is 1.95. The van der Waals surface area contributed by atoms with Crippen molar-refractivity contribution in [2.45, 2.75) is 78.0 Å². The molecular weight excluding hydrogens is 242 g/mol. The second kappa shape index (κ2) is 3.87. The highest BCUT2D eigenvalue weighted by molar-refractivity contribution is 5.69. The molecule has 0 aromatic carbocycles. The predicted octanol–water partition coefficient (Wildman–Crippen LogP) is 2.84. The van der Waals surface area contributed by atoms with E-state index in [1.807, 2.05) is 20.8 Å². The molecule has 4 heteroatoms. The lowest BCUT2D eigenvalue weighted by molar-refractivity contribution is 0.0113. The van der Waals surface area contributed by atoms with E-state index in [0.717, 1.165) is 12.8 Å². The Bertz CT molecular complexity index is 399. The van der Waals surface area contributed by atoms with E-state index in [4.69, 9.17) is 4.74 Å². The largest absolute Gasteiger partial charge is 0.444 e. The fourth-order valence-electron chi connectivity index (χ4n) is 3.91. The number of nitrogens with one attached hydrogen (secondary N) is 1. The first kappa shape index (κ1) is 14.6. The first-order valence-corrected chi connectivity index (χ1v) is 7.13. The minimum atomic E-state index is -0.496. The van der Waals surface area contributed by atoms with Crippen LogP contribution in [0.15, 0.2) is 0 Å². The van der Waals surface area contributed by atoms with E-state index in [2.05, 4.69) is 26.1 Å². The van der Waals surface area contributed by atoms with E-state index in [1.54, 1.807) is 0 Å². The smallest absolute Gasteiger partial charge is 0.408 e. The number of rotatable bonds is 1. The zero-order valence-electron chi connectivity index (χ0n) is 13.0. The van der Waals surface area contributed by atoms with E-state index in [0.29, 0.717) is 6.42 Å². The maximum Gasteiger partial charge on any atom is 0.408 e. The SMILES string of the molecule is CC(C)(C)OC(=O)N[C@]12CC[C@](C)([C@@H](O)C1)C2(C)C. The molecule has 0 unspecified atom stereocenters. The molecule has 0 aromatic heterocycles. The molecule has 110 valence electrons. The Morgan fingerprint density at radius 3 is 2.21 bits per heavy atom. The fraction of sp³-hybridized carbons (Fsp3) is 0.933. The molecule has 0 heterocycles. The Kier molecular flexibility index (Phi) is 2.98. The lowest BCUT2D eigenvalue weighted by Crippen LogP contribution is -2.55. The van der Waals surface area contributed by atoms with Crippen LogP contribution >= 0.6 is 0 Å². The molecule has 2 fully saturated rings. The van der Waals surface area contributed by atoms with Crippen molar-refractivity contribution in [1.82, 2.24) is 5.32 Å². The third-order valence-corrected chi connectivity index (χ3v) is 5.71. The number of aliphatic hydroxyl groups excluding tert-OH is 1. The maximum atomic E-state index is 12.1. The summed E-state index contributed by atoms with van der Waals surface area (Å²) < 4.78 is 5.37. The van der Waals surface area contributed by atoms with Gasteiger partial charge in [0.25, 0.3) is 0 Å². The molecule has 19 heavy (non-hydrogen) atoms.